The number of nitrogens with one attached hydrogen (secondary N) is 3. The molecular formula is C14H20ClN3O5S. The molecule has 0 saturated carbocycles. The van der Waals surface area contributed by atoms with Crippen LogP contribution in [0, 0.1) is 5.92 Å². The molecule has 2 heterocycles. The Labute approximate surface area is 146 Å². The molecule has 1 amide bonds. The Balaban J connectivity index is 0.00000208. The molecule has 3 rings (SSSR count). The largest absolute Gasteiger partial charge is 0.495 e. The predicted molar refractivity (Wildman–Crippen MR) is 90.5 cm³/mol. The third kappa shape index (κ3) is 3.92. The molecule has 3 N–H and O–H groups in total. The molecule has 134 valence electrons. The van der Waals surface area contributed by atoms with Gasteiger partial charge in [0, 0.05) is 18.7 Å². The number of amides is 1. The van der Waals surface area contributed by atoms with Crippen molar-refractivity contribution in [3.8, 4) is 11.5 Å². The number of sulfonamides is 1. The van der Waals surface area contributed by atoms with Crippen molar-refractivity contribution in [2.75, 3.05) is 38.7 Å². The van der Waals surface area contributed by atoms with E-state index in [0.717, 1.165) is 19.5 Å². The van der Waals surface area contributed by atoms with E-state index in [0.29, 0.717) is 18.0 Å². The highest BCUT2D eigenvalue weighted by molar-refractivity contribution is 7.89. The Morgan fingerprint density at radius 2 is 2.21 bits per heavy atom. The number of carbonyl (C=O) groups excluding carboxylic acids is 1. The average molecular weight is 378 g/mol. The number of hydrogen-bond acceptors (Lipinski definition) is 6. The highest BCUT2D eigenvalue weighted by Gasteiger charge is 2.26. The van der Waals surface area contributed by atoms with Gasteiger partial charge in [-0.15, -0.1) is 12.4 Å². The minimum atomic E-state index is -3.73. The number of rotatable bonds is 5. The number of fused-ring (bicyclic) bond motifs is 1. The van der Waals surface area contributed by atoms with Crippen LogP contribution < -0.4 is 24.8 Å². The molecule has 10 heteroatoms. The molecule has 8 nitrogen and oxygen atoms in total. The molecule has 1 aromatic rings. The SMILES string of the molecule is COc1cc2c(cc1S(=O)(=O)NCC1CCNC1)OCC(=O)N2.Cl. The average Bonchev–Trinajstić information content (AvgIpc) is 3.05. The number of carbonyl (C=O) groups is 1. The smallest absolute Gasteiger partial charge is 0.262 e. The molecule has 0 spiro atoms. The van der Waals surface area contributed by atoms with Gasteiger partial charge in [-0.3, -0.25) is 4.79 Å². The first-order chi connectivity index (χ1) is 11.0. The lowest BCUT2D eigenvalue weighted by molar-refractivity contribution is -0.118. The van der Waals surface area contributed by atoms with E-state index < -0.39 is 10.0 Å². The maximum atomic E-state index is 12.6. The fourth-order valence-electron chi connectivity index (χ4n) is 2.65. The summed E-state index contributed by atoms with van der Waals surface area (Å²) >= 11 is 0. The van der Waals surface area contributed by atoms with E-state index >= 15 is 0 Å². The maximum absolute atomic E-state index is 12.6. The van der Waals surface area contributed by atoms with Crippen LogP contribution >= 0.6 is 12.4 Å². The molecule has 1 unspecified atom stereocenters. The fourth-order valence-corrected chi connectivity index (χ4v) is 3.93. The van der Waals surface area contributed by atoms with E-state index in [1.54, 1.807) is 0 Å². The zero-order valence-corrected chi connectivity index (χ0v) is 14.8. The third-order valence-electron chi connectivity index (χ3n) is 3.91. The lowest BCUT2D eigenvalue weighted by Crippen LogP contribution is -2.31. The third-order valence-corrected chi connectivity index (χ3v) is 5.36. The Kier molecular flexibility index (Phi) is 5.92. The summed E-state index contributed by atoms with van der Waals surface area (Å²) in [6.45, 7) is 1.94. The fraction of sp³-hybridized carbons (Fsp3) is 0.500. The molecule has 1 atom stereocenters. The van der Waals surface area contributed by atoms with Crippen LogP contribution in [0.15, 0.2) is 17.0 Å². The van der Waals surface area contributed by atoms with Crippen LogP contribution in [-0.2, 0) is 14.8 Å². The van der Waals surface area contributed by atoms with Crippen molar-refractivity contribution < 1.29 is 22.7 Å². The van der Waals surface area contributed by atoms with Gasteiger partial charge in [-0.25, -0.2) is 13.1 Å². The molecule has 0 aliphatic carbocycles. The van der Waals surface area contributed by atoms with Crippen molar-refractivity contribution in [2.45, 2.75) is 11.3 Å². The standard InChI is InChI=1S/C14H19N3O5S.ClH/c1-21-12-4-10-11(22-8-14(18)17-10)5-13(12)23(19,20)16-7-9-2-3-15-6-9;/h4-5,9,15-16H,2-3,6-8H2,1H3,(H,17,18);1H. The summed E-state index contributed by atoms with van der Waals surface area (Å²) in [5.74, 6) is 0.464. The van der Waals surface area contributed by atoms with Gasteiger partial charge in [-0.1, -0.05) is 0 Å². The van der Waals surface area contributed by atoms with Gasteiger partial charge < -0.3 is 20.1 Å². The van der Waals surface area contributed by atoms with Crippen molar-refractivity contribution in [3.63, 3.8) is 0 Å². The minimum Gasteiger partial charge on any atom is -0.495 e. The van der Waals surface area contributed by atoms with Crippen molar-refractivity contribution in [3.05, 3.63) is 12.1 Å². The molecule has 24 heavy (non-hydrogen) atoms. The number of methoxy groups -OCH3 is 1. The van der Waals surface area contributed by atoms with E-state index in [4.69, 9.17) is 9.47 Å². The Bertz CT molecular complexity index is 719. The second kappa shape index (κ2) is 7.56. The number of ether oxygens (including phenoxy) is 2. The van der Waals surface area contributed by atoms with Crippen LogP contribution in [0.5, 0.6) is 11.5 Å². The minimum absolute atomic E-state index is 0. The quantitative estimate of drug-likeness (QED) is 0.683. The Hall–Kier alpha value is -1.55. The first-order valence-electron chi connectivity index (χ1n) is 7.34. The molecule has 1 saturated heterocycles. The van der Waals surface area contributed by atoms with Crippen LogP contribution in [0.1, 0.15) is 6.42 Å². The molecule has 0 aromatic heterocycles. The van der Waals surface area contributed by atoms with Gasteiger partial charge in [0.1, 0.15) is 16.4 Å². The van der Waals surface area contributed by atoms with Gasteiger partial charge in [0.25, 0.3) is 5.91 Å². The summed E-state index contributed by atoms with van der Waals surface area (Å²) in [7, 11) is -2.35. The second-order valence-electron chi connectivity index (χ2n) is 5.55. The van der Waals surface area contributed by atoms with Gasteiger partial charge in [0.15, 0.2) is 6.61 Å². The topological polar surface area (TPSA) is 106 Å². The summed E-state index contributed by atoms with van der Waals surface area (Å²) in [5, 5.41) is 5.82. The van der Waals surface area contributed by atoms with E-state index in [9.17, 15) is 13.2 Å². The van der Waals surface area contributed by atoms with Gasteiger partial charge in [-0.05, 0) is 25.4 Å². The first kappa shape index (κ1) is 18.8. The van der Waals surface area contributed by atoms with Crippen molar-refractivity contribution in [2.24, 2.45) is 5.92 Å². The predicted octanol–water partition coefficient (Wildman–Crippen LogP) is 0.336. The maximum Gasteiger partial charge on any atom is 0.262 e. The van der Waals surface area contributed by atoms with Crippen LogP contribution in [-0.4, -0.2) is 47.7 Å². The van der Waals surface area contributed by atoms with Crippen LogP contribution in [0.25, 0.3) is 0 Å². The van der Waals surface area contributed by atoms with E-state index in [-0.39, 0.29) is 41.5 Å². The van der Waals surface area contributed by atoms with Crippen LogP contribution in [0.3, 0.4) is 0 Å². The van der Waals surface area contributed by atoms with E-state index in [1.165, 1.54) is 19.2 Å². The normalized spacial score (nSPS) is 19.7. The van der Waals surface area contributed by atoms with Gasteiger partial charge >= 0.3 is 0 Å². The molecule has 0 radical (unpaired) electrons. The monoisotopic (exact) mass is 377 g/mol. The molecule has 2 aliphatic heterocycles. The summed E-state index contributed by atoms with van der Waals surface area (Å²) in [6, 6.07) is 2.83. The molecule has 2 aliphatic rings. The lowest BCUT2D eigenvalue weighted by Gasteiger charge is -2.20. The summed E-state index contributed by atoms with van der Waals surface area (Å²) < 4.78 is 38.2. The number of benzene rings is 1. The number of anilines is 1. The molecule has 0 bridgehead atoms. The first-order valence-corrected chi connectivity index (χ1v) is 8.83. The van der Waals surface area contributed by atoms with Crippen molar-refractivity contribution >= 4 is 34.0 Å². The van der Waals surface area contributed by atoms with Crippen molar-refractivity contribution in [1.29, 1.82) is 0 Å². The molecular weight excluding hydrogens is 358 g/mol. The molecule has 1 fully saturated rings. The zero-order valence-electron chi connectivity index (χ0n) is 13.1. The van der Waals surface area contributed by atoms with Gasteiger partial charge in [0.2, 0.25) is 10.0 Å². The second-order valence-corrected chi connectivity index (χ2v) is 7.28. The summed E-state index contributed by atoms with van der Waals surface area (Å²) in [5.41, 5.74) is 0.400. The van der Waals surface area contributed by atoms with Gasteiger partial charge in [0.05, 0.1) is 12.8 Å². The highest BCUT2D eigenvalue weighted by atomic mass is 35.5. The van der Waals surface area contributed by atoms with Gasteiger partial charge in [-0.2, -0.15) is 0 Å². The summed E-state index contributed by atoms with van der Waals surface area (Å²) in [4.78, 5) is 11.3. The van der Waals surface area contributed by atoms with Crippen LogP contribution in [0.2, 0.25) is 0 Å². The van der Waals surface area contributed by atoms with E-state index in [1.807, 2.05) is 0 Å². The molecule has 1 aromatic carbocycles. The Morgan fingerprint density at radius 1 is 1.42 bits per heavy atom. The summed E-state index contributed by atoms with van der Waals surface area (Å²) in [6.07, 6.45) is 0.943. The van der Waals surface area contributed by atoms with Crippen LogP contribution in [0.4, 0.5) is 5.69 Å². The zero-order chi connectivity index (χ0) is 16.4. The highest BCUT2D eigenvalue weighted by Crippen LogP contribution is 2.37. The Morgan fingerprint density at radius 3 is 2.88 bits per heavy atom. The number of hydrogen-bond donors (Lipinski definition) is 3. The number of halogens is 1. The van der Waals surface area contributed by atoms with Crippen molar-refractivity contribution in [1.82, 2.24) is 10.0 Å². The van der Waals surface area contributed by atoms with E-state index in [2.05, 4.69) is 15.4 Å². The lowest BCUT2D eigenvalue weighted by atomic mass is 10.1.